The van der Waals surface area contributed by atoms with E-state index in [1.54, 1.807) is 6.20 Å². The molecule has 1 aromatic rings. The van der Waals surface area contributed by atoms with E-state index in [-0.39, 0.29) is 0 Å². The van der Waals surface area contributed by atoms with E-state index in [2.05, 4.69) is 29.2 Å². The molecule has 0 fully saturated rings. The van der Waals surface area contributed by atoms with Crippen molar-refractivity contribution in [1.29, 1.82) is 0 Å². The predicted molar refractivity (Wildman–Crippen MR) is 44.3 cm³/mol. The standard InChI is InChI=1S/C8H13N3/c1-11(2)7-5-8-4-3-6-9-10-8/h3-4,6H,5,7H2,1-2H3. The largest absolute Gasteiger partial charge is 0.309 e. The minimum absolute atomic E-state index is 0.973. The first-order chi connectivity index (χ1) is 5.29. The minimum Gasteiger partial charge on any atom is -0.309 e. The number of hydrogen-bond donors (Lipinski definition) is 0. The molecule has 0 atom stereocenters. The monoisotopic (exact) mass is 151 g/mol. The molecule has 0 N–H and O–H groups in total. The maximum absolute atomic E-state index is 3.97. The van der Waals surface area contributed by atoms with E-state index in [1.165, 1.54) is 0 Å². The molecule has 0 spiro atoms. The van der Waals surface area contributed by atoms with E-state index in [0.717, 1.165) is 18.7 Å². The molecule has 0 saturated carbocycles. The maximum atomic E-state index is 3.97. The zero-order valence-electron chi connectivity index (χ0n) is 6.99. The van der Waals surface area contributed by atoms with Crippen molar-refractivity contribution in [2.24, 2.45) is 0 Å². The van der Waals surface area contributed by atoms with Gasteiger partial charge < -0.3 is 4.90 Å². The highest BCUT2D eigenvalue weighted by Crippen LogP contribution is 1.92. The topological polar surface area (TPSA) is 29.0 Å². The van der Waals surface area contributed by atoms with E-state index >= 15 is 0 Å². The number of aromatic nitrogens is 2. The fourth-order valence-corrected chi connectivity index (χ4v) is 0.805. The molecule has 0 unspecified atom stereocenters. The summed E-state index contributed by atoms with van der Waals surface area (Å²) in [7, 11) is 4.10. The number of nitrogens with zero attached hydrogens (tertiary/aromatic N) is 3. The summed E-state index contributed by atoms with van der Waals surface area (Å²) in [5.74, 6) is 0. The summed E-state index contributed by atoms with van der Waals surface area (Å²) in [5.41, 5.74) is 1.06. The first kappa shape index (κ1) is 8.14. The van der Waals surface area contributed by atoms with Crippen molar-refractivity contribution < 1.29 is 0 Å². The average Bonchev–Trinajstić information content (AvgIpc) is 2.03. The second kappa shape index (κ2) is 4.03. The summed E-state index contributed by atoms with van der Waals surface area (Å²) in [5, 5.41) is 7.77. The van der Waals surface area contributed by atoms with E-state index in [4.69, 9.17) is 0 Å². The first-order valence-electron chi connectivity index (χ1n) is 3.70. The van der Waals surface area contributed by atoms with Crippen molar-refractivity contribution in [3.05, 3.63) is 24.0 Å². The van der Waals surface area contributed by atoms with Gasteiger partial charge in [-0.2, -0.15) is 10.2 Å². The van der Waals surface area contributed by atoms with Crippen molar-refractivity contribution in [3.63, 3.8) is 0 Å². The second-order valence-electron chi connectivity index (χ2n) is 2.77. The normalized spacial score (nSPS) is 10.5. The molecule has 1 aromatic heterocycles. The van der Waals surface area contributed by atoms with Crippen molar-refractivity contribution in [3.8, 4) is 0 Å². The molecule has 0 aliphatic carbocycles. The number of likely N-dealkylation sites (N-methyl/N-ethyl adjacent to an activating group) is 1. The molecule has 0 bridgehead atoms. The van der Waals surface area contributed by atoms with Crippen LogP contribution in [0, 0.1) is 0 Å². The van der Waals surface area contributed by atoms with Crippen molar-refractivity contribution in [2.45, 2.75) is 6.42 Å². The van der Waals surface area contributed by atoms with Crippen LogP contribution in [0.25, 0.3) is 0 Å². The van der Waals surface area contributed by atoms with Gasteiger partial charge >= 0.3 is 0 Å². The minimum atomic E-state index is 0.973. The Bertz CT molecular complexity index is 196. The van der Waals surface area contributed by atoms with Crippen LogP contribution in [0.2, 0.25) is 0 Å². The van der Waals surface area contributed by atoms with Crippen LogP contribution in [0.15, 0.2) is 18.3 Å². The highest BCUT2D eigenvalue weighted by Gasteiger charge is 1.94. The van der Waals surface area contributed by atoms with E-state index in [9.17, 15) is 0 Å². The Morgan fingerprint density at radius 2 is 2.27 bits per heavy atom. The van der Waals surface area contributed by atoms with Crippen LogP contribution in [0.4, 0.5) is 0 Å². The molecule has 1 rings (SSSR count). The van der Waals surface area contributed by atoms with Gasteiger partial charge in [-0.25, -0.2) is 0 Å². The van der Waals surface area contributed by atoms with Gasteiger partial charge in [0.05, 0.1) is 5.69 Å². The van der Waals surface area contributed by atoms with Crippen LogP contribution in [-0.4, -0.2) is 35.7 Å². The molecule has 0 saturated heterocycles. The third-order valence-electron chi connectivity index (χ3n) is 1.44. The molecular formula is C8H13N3. The molecule has 60 valence electrons. The van der Waals surface area contributed by atoms with Gasteiger partial charge in [-0.15, -0.1) is 0 Å². The van der Waals surface area contributed by atoms with Gasteiger partial charge in [-0.1, -0.05) is 0 Å². The summed E-state index contributed by atoms with van der Waals surface area (Å²) in [6, 6.07) is 3.91. The fourth-order valence-electron chi connectivity index (χ4n) is 0.805. The first-order valence-corrected chi connectivity index (χ1v) is 3.70. The molecule has 3 nitrogen and oxygen atoms in total. The molecule has 3 heteroatoms. The SMILES string of the molecule is CN(C)CCc1cccnn1. The number of rotatable bonds is 3. The van der Waals surface area contributed by atoms with Gasteiger partial charge in [-0.05, 0) is 26.2 Å². The molecule has 0 aliphatic rings. The number of hydrogen-bond acceptors (Lipinski definition) is 3. The smallest absolute Gasteiger partial charge is 0.0643 e. The molecule has 0 amide bonds. The second-order valence-corrected chi connectivity index (χ2v) is 2.77. The van der Waals surface area contributed by atoms with Crippen LogP contribution in [0.5, 0.6) is 0 Å². The van der Waals surface area contributed by atoms with E-state index in [1.807, 2.05) is 12.1 Å². The highest BCUT2D eigenvalue weighted by molar-refractivity contribution is 4.99. The lowest BCUT2D eigenvalue weighted by atomic mass is 10.3. The molecule has 0 aliphatic heterocycles. The maximum Gasteiger partial charge on any atom is 0.0643 e. The molecule has 0 aromatic carbocycles. The summed E-state index contributed by atoms with van der Waals surface area (Å²) in [6.45, 7) is 1.03. The van der Waals surface area contributed by atoms with Gasteiger partial charge in [0.2, 0.25) is 0 Å². The van der Waals surface area contributed by atoms with Crippen molar-refractivity contribution >= 4 is 0 Å². The van der Waals surface area contributed by atoms with E-state index in [0.29, 0.717) is 0 Å². The van der Waals surface area contributed by atoms with Crippen LogP contribution in [0.3, 0.4) is 0 Å². The lowest BCUT2D eigenvalue weighted by Crippen LogP contribution is -2.15. The Morgan fingerprint density at radius 3 is 2.82 bits per heavy atom. The summed E-state index contributed by atoms with van der Waals surface area (Å²) < 4.78 is 0. The van der Waals surface area contributed by atoms with Crippen molar-refractivity contribution in [2.75, 3.05) is 20.6 Å². The third-order valence-corrected chi connectivity index (χ3v) is 1.44. The van der Waals surface area contributed by atoms with Gasteiger partial charge in [0.25, 0.3) is 0 Å². The molecule has 0 radical (unpaired) electrons. The Morgan fingerprint density at radius 1 is 1.45 bits per heavy atom. The Balaban J connectivity index is 2.39. The fraction of sp³-hybridized carbons (Fsp3) is 0.500. The van der Waals surface area contributed by atoms with Gasteiger partial charge in [0.1, 0.15) is 0 Å². The van der Waals surface area contributed by atoms with Gasteiger partial charge in [0.15, 0.2) is 0 Å². The van der Waals surface area contributed by atoms with Crippen LogP contribution in [0.1, 0.15) is 5.69 Å². The molecule has 11 heavy (non-hydrogen) atoms. The Kier molecular flexibility index (Phi) is 2.98. The highest BCUT2D eigenvalue weighted by atomic mass is 15.1. The molecular weight excluding hydrogens is 138 g/mol. The Labute approximate surface area is 67.1 Å². The molecule has 1 heterocycles. The lowest BCUT2D eigenvalue weighted by molar-refractivity contribution is 0.411. The Hall–Kier alpha value is -0.960. The van der Waals surface area contributed by atoms with Crippen LogP contribution >= 0.6 is 0 Å². The van der Waals surface area contributed by atoms with Crippen LogP contribution in [-0.2, 0) is 6.42 Å². The summed E-state index contributed by atoms with van der Waals surface area (Å²) >= 11 is 0. The average molecular weight is 151 g/mol. The lowest BCUT2D eigenvalue weighted by Gasteiger charge is -2.07. The third kappa shape index (κ3) is 3.09. The predicted octanol–water partition coefficient (Wildman–Crippen LogP) is 0.581. The van der Waals surface area contributed by atoms with Crippen LogP contribution < -0.4 is 0 Å². The summed E-state index contributed by atoms with van der Waals surface area (Å²) in [6.07, 6.45) is 2.67. The zero-order chi connectivity index (χ0) is 8.10. The zero-order valence-corrected chi connectivity index (χ0v) is 6.99. The quantitative estimate of drug-likeness (QED) is 0.632. The van der Waals surface area contributed by atoms with Crippen molar-refractivity contribution in [1.82, 2.24) is 15.1 Å². The summed E-state index contributed by atoms with van der Waals surface area (Å²) in [4.78, 5) is 2.13. The van der Waals surface area contributed by atoms with Gasteiger partial charge in [0, 0.05) is 19.2 Å². The van der Waals surface area contributed by atoms with Gasteiger partial charge in [-0.3, -0.25) is 0 Å². The van der Waals surface area contributed by atoms with E-state index < -0.39 is 0 Å².